The van der Waals surface area contributed by atoms with Gasteiger partial charge in [0, 0.05) is 13.3 Å². The van der Waals surface area contributed by atoms with E-state index in [0.717, 1.165) is 5.69 Å². The van der Waals surface area contributed by atoms with E-state index < -0.39 is 5.41 Å². The number of esters is 1. The number of hydrogen-bond donors (Lipinski definition) is 0. The van der Waals surface area contributed by atoms with E-state index in [9.17, 15) is 4.79 Å². The molecule has 0 saturated carbocycles. The zero-order valence-corrected chi connectivity index (χ0v) is 8.96. The summed E-state index contributed by atoms with van der Waals surface area (Å²) >= 11 is 0. The van der Waals surface area contributed by atoms with Crippen LogP contribution in [0.3, 0.4) is 0 Å². The average Bonchev–Trinajstić information content (AvgIpc) is 2.48. The number of nitrogens with zero attached hydrogens (tertiary/aromatic N) is 1. The lowest BCUT2D eigenvalue weighted by Gasteiger charge is -2.19. The molecule has 1 aromatic heterocycles. The molecule has 0 aliphatic heterocycles. The van der Waals surface area contributed by atoms with Gasteiger partial charge in [-0.2, -0.15) is 0 Å². The third-order valence-corrected chi connectivity index (χ3v) is 2.03. The lowest BCUT2D eigenvalue weighted by molar-refractivity contribution is -0.150. The second kappa shape index (κ2) is 3.82. The lowest BCUT2D eigenvalue weighted by atomic mass is 9.88. The van der Waals surface area contributed by atoms with Crippen molar-refractivity contribution in [3.63, 3.8) is 0 Å². The van der Waals surface area contributed by atoms with Crippen molar-refractivity contribution in [2.24, 2.45) is 5.41 Å². The molecule has 4 heteroatoms. The van der Waals surface area contributed by atoms with Crippen molar-refractivity contribution in [1.29, 1.82) is 0 Å². The first-order valence-corrected chi connectivity index (χ1v) is 4.45. The van der Waals surface area contributed by atoms with E-state index in [4.69, 9.17) is 9.15 Å². The molecule has 0 N–H and O–H groups in total. The fourth-order valence-electron chi connectivity index (χ4n) is 1.29. The summed E-state index contributed by atoms with van der Waals surface area (Å²) in [5, 5.41) is 0. The van der Waals surface area contributed by atoms with Crippen LogP contribution in [-0.4, -0.2) is 18.1 Å². The van der Waals surface area contributed by atoms with Crippen LogP contribution in [0, 0.1) is 12.3 Å². The van der Waals surface area contributed by atoms with Gasteiger partial charge in [-0.05, 0) is 13.8 Å². The van der Waals surface area contributed by atoms with E-state index >= 15 is 0 Å². The van der Waals surface area contributed by atoms with Crippen molar-refractivity contribution in [2.45, 2.75) is 27.2 Å². The van der Waals surface area contributed by atoms with Gasteiger partial charge in [0.05, 0.1) is 18.2 Å². The quantitative estimate of drug-likeness (QED) is 0.692. The van der Waals surface area contributed by atoms with E-state index in [1.807, 2.05) is 13.8 Å². The number of hydrogen-bond acceptors (Lipinski definition) is 4. The van der Waals surface area contributed by atoms with Gasteiger partial charge in [-0.1, -0.05) is 0 Å². The van der Waals surface area contributed by atoms with Crippen LogP contribution in [0.5, 0.6) is 0 Å². The Bertz CT molecular complexity index is 328. The van der Waals surface area contributed by atoms with E-state index in [1.165, 1.54) is 7.11 Å². The highest BCUT2D eigenvalue weighted by molar-refractivity contribution is 5.76. The summed E-state index contributed by atoms with van der Waals surface area (Å²) in [6.45, 7) is 5.42. The Hall–Kier alpha value is -1.32. The van der Waals surface area contributed by atoms with Gasteiger partial charge in [-0.15, -0.1) is 0 Å². The molecule has 0 aromatic carbocycles. The van der Waals surface area contributed by atoms with Crippen LogP contribution in [0.25, 0.3) is 0 Å². The van der Waals surface area contributed by atoms with Gasteiger partial charge in [-0.25, -0.2) is 4.98 Å². The largest absolute Gasteiger partial charge is 0.469 e. The predicted molar refractivity (Wildman–Crippen MR) is 50.7 cm³/mol. The normalized spacial score (nSPS) is 11.4. The van der Waals surface area contributed by atoms with Crippen LogP contribution in [0.2, 0.25) is 0 Å². The molecule has 0 fully saturated rings. The number of ether oxygens (including phenoxy) is 1. The summed E-state index contributed by atoms with van der Waals surface area (Å²) in [4.78, 5) is 15.5. The standard InChI is InChI=1S/C10H15NO3/c1-7-11-8(6-14-7)5-10(2,3)9(12)13-4/h6H,5H2,1-4H3. The molecule has 1 aromatic rings. The lowest BCUT2D eigenvalue weighted by Crippen LogP contribution is -2.28. The van der Waals surface area contributed by atoms with Crippen molar-refractivity contribution in [1.82, 2.24) is 4.98 Å². The summed E-state index contributed by atoms with van der Waals surface area (Å²) in [5.41, 5.74) is 0.218. The third kappa shape index (κ3) is 2.34. The molecule has 14 heavy (non-hydrogen) atoms. The molecule has 0 bridgehead atoms. The number of carbonyl (C=O) groups is 1. The fourth-order valence-corrected chi connectivity index (χ4v) is 1.29. The molecule has 0 spiro atoms. The number of rotatable bonds is 3. The summed E-state index contributed by atoms with van der Waals surface area (Å²) in [7, 11) is 1.39. The molecular weight excluding hydrogens is 182 g/mol. The predicted octanol–water partition coefficient (Wildman–Crippen LogP) is 1.72. The third-order valence-electron chi connectivity index (χ3n) is 2.03. The van der Waals surface area contributed by atoms with Crippen molar-refractivity contribution in [2.75, 3.05) is 7.11 Å². The molecule has 0 aliphatic rings. The van der Waals surface area contributed by atoms with Gasteiger partial charge in [0.2, 0.25) is 0 Å². The molecule has 1 heterocycles. The summed E-state index contributed by atoms with van der Waals surface area (Å²) in [5.74, 6) is 0.374. The summed E-state index contributed by atoms with van der Waals surface area (Å²) < 4.78 is 9.76. The van der Waals surface area contributed by atoms with Crippen molar-refractivity contribution < 1.29 is 13.9 Å². The number of methoxy groups -OCH3 is 1. The Morgan fingerprint density at radius 3 is 2.71 bits per heavy atom. The Morgan fingerprint density at radius 2 is 2.29 bits per heavy atom. The van der Waals surface area contributed by atoms with Crippen LogP contribution < -0.4 is 0 Å². The minimum atomic E-state index is -0.557. The second-order valence-electron chi connectivity index (χ2n) is 3.91. The first kappa shape index (κ1) is 10.8. The maximum Gasteiger partial charge on any atom is 0.311 e. The zero-order valence-electron chi connectivity index (χ0n) is 8.96. The highest BCUT2D eigenvalue weighted by atomic mass is 16.5. The molecule has 0 atom stereocenters. The molecule has 78 valence electrons. The highest BCUT2D eigenvalue weighted by Gasteiger charge is 2.30. The molecule has 0 amide bonds. The summed E-state index contributed by atoms with van der Waals surface area (Å²) in [6, 6.07) is 0. The summed E-state index contributed by atoms with van der Waals surface area (Å²) in [6.07, 6.45) is 2.09. The molecule has 1 rings (SSSR count). The van der Waals surface area contributed by atoms with Gasteiger partial charge in [-0.3, -0.25) is 4.79 Å². The molecule has 0 radical (unpaired) electrons. The van der Waals surface area contributed by atoms with Gasteiger partial charge < -0.3 is 9.15 Å². The molecule has 4 nitrogen and oxygen atoms in total. The maximum absolute atomic E-state index is 11.4. The number of oxazole rings is 1. The number of carbonyl (C=O) groups excluding carboxylic acids is 1. The maximum atomic E-state index is 11.4. The monoisotopic (exact) mass is 197 g/mol. The van der Waals surface area contributed by atoms with E-state index in [2.05, 4.69) is 4.98 Å². The van der Waals surface area contributed by atoms with Gasteiger partial charge >= 0.3 is 5.97 Å². The average molecular weight is 197 g/mol. The Morgan fingerprint density at radius 1 is 1.64 bits per heavy atom. The van der Waals surface area contributed by atoms with Crippen LogP contribution in [0.4, 0.5) is 0 Å². The first-order chi connectivity index (χ1) is 6.45. The fraction of sp³-hybridized carbons (Fsp3) is 0.600. The van der Waals surface area contributed by atoms with Gasteiger partial charge in [0.15, 0.2) is 5.89 Å². The first-order valence-electron chi connectivity index (χ1n) is 4.45. The van der Waals surface area contributed by atoms with Crippen molar-refractivity contribution in [3.8, 4) is 0 Å². The minimum absolute atomic E-state index is 0.238. The molecule has 0 saturated heterocycles. The van der Waals surface area contributed by atoms with Crippen LogP contribution in [0.15, 0.2) is 10.7 Å². The SMILES string of the molecule is COC(=O)C(C)(C)Cc1coc(C)n1. The number of aromatic nitrogens is 1. The Balaban J connectivity index is 2.72. The van der Waals surface area contributed by atoms with E-state index in [1.54, 1.807) is 13.2 Å². The van der Waals surface area contributed by atoms with Gasteiger partial charge in [0.25, 0.3) is 0 Å². The van der Waals surface area contributed by atoms with Crippen LogP contribution in [-0.2, 0) is 16.0 Å². The van der Waals surface area contributed by atoms with Crippen LogP contribution >= 0.6 is 0 Å². The van der Waals surface area contributed by atoms with Gasteiger partial charge in [0.1, 0.15) is 6.26 Å². The number of aryl methyl sites for hydroxylation is 1. The van der Waals surface area contributed by atoms with Crippen LogP contribution in [0.1, 0.15) is 25.4 Å². The second-order valence-corrected chi connectivity index (χ2v) is 3.91. The smallest absolute Gasteiger partial charge is 0.311 e. The zero-order chi connectivity index (χ0) is 10.8. The van der Waals surface area contributed by atoms with E-state index in [0.29, 0.717) is 12.3 Å². The molecule has 0 aliphatic carbocycles. The Kier molecular flexibility index (Phi) is 2.93. The minimum Gasteiger partial charge on any atom is -0.469 e. The Labute approximate surface area is 83.3 Å². The molecular formula is C10H15NO3. The van der Waals surface area contributed by atoms with E-state index in [-0.39, 0.29) is 5.97 Å². The highest BCUT2D eigenvalue weighted by Crippen LogP contribution is 2.22. The topological polar surface area (TPSA) is 52.3 Å². The molecule has 0 unspecified atom stereocenters. The van der Waals surface area contributed by atoms with Crippen molar-refractivity contribution >= 4 is 5.97 Å². The van der Waals surface area contributed by atoms with Crippen molar-refractivity contribution in [3.05, 3.63) is 17.8 Å².